The fourth-order valence-corrected chi connectivity index (χ4v) is 3.29. The molecule has 0 N–H and O–H groups in total. The zero-order chi connectivity index (χ0) is 18.8. The summed E-state index contributed by atoms with van der Waals surface area (Å²) in [6.45, 7) is 1.55. The fourth-order valence-electron chi connectivity index (χ4n) is 2.63. The van der Waals surface area contributed by atoms with E-state index < -0.39 is 5.97 Å². The molecule has 0 bridgehead atoms. The molecule has 0 aliphatic carbocycles. The molecule has 0 spiro atoms. The third-order valence-corrected chi connectivity index (χ3v) is 4.71. The second-order valence-electron chi connectivity index (χ2n) is 5.61. The highest BCUT2D eigenvalue weighted by molar-refractivity contribution is 7.13. The molecule has 0 radical (unpaired) electrons. The van der Waals surface area contributed by atoms with E-state index in [4.69, 9.17) is 13.6 Å². The molecule has 0 aliphatic rings. The second-order valence-corrected chi connectivity index (χ2v) is 6.56. The molecule has 4 aromatic rings. The quantitative estimate of drug-likeness (QED) is 0.479. The molecule has 0 aliphatic heterocycles. The summed E-state index contributed by atoms with van der Waals surface area (Å²) >= 11 is 1.50. The number of ether oxygens (including phenoxy) is 1. The van der Waals surface area contributed by atoms with Crippen molar-refractivity contribution in [3.63, 3.8) is 0 Å². The van der Waals surface area contributed by atoms with E-state index in [2.05, 4.69) is 4.98 Å². The number of hydrogen-bond donors (Lipinski definition) is 0. The van der Waals surface area contributed by atoms with Gasteiger partial charge in [-0.2, -0.15) is 5.26 Å². The van der Waals surface area contributed by atoms with Crippen molar-refractivity contribution < 1.29 is 18.4 Å². The molecule has 0 fully saturated rings. The van der Waals surface area contributed by atoms with Gasteiger partial charge in [0.25, 0.3) is 0 Å². The number of oxazole rings is 1. The number of carbonyl (C=O) groups excluding carboxylic acids is 1. The first-order valence-corrected chi connectivity index (χ1v) is 8.87. The summed E-state index contributed by atoms with van der Waals surface area (Å²) in [5.41, 5.74) is 0.730. The van der Waals surface area contributed by atoms with Gasteiger partial charge in [-0.05, 0) is 30.5 Å². The number of furan rings is 1. The first-order valence-electron chi connectivity index (χ1n) is 7.99. The Kier molecular flexibility index (Phi) is 4.36. The van der Waals surface area contributed by atoms with Gasteiger partial charge in [0.2, 0.25) is 11.8 Å². The van der Waals surface area contributed by atoms with Gasteiger partial charge in [-0.25, -0.2) is 9.78 Å². The maximum Gasteiger partial charge on any atom is 0.343 e. The lowest BCUT2D eigenvalue weighted by Crippen LogP contribution is -2.08. The van der Waals surface area contributed by atoms with Crippen molar-refractivity contribution in [3.8, 4) is 22.7 Å². The normalized spacial score (nSPS) is 10.7. The van der Waals surface area contributed by atoms with Crippen molar-refractivity contribution in [1.29, 1.82) is 5.26 Å². The highest BCUT2D eigenvalue weighted by Gasteiger charge is 2.26. The van der Waals surface area contributed by atoms with Gasteiger partial charge in [-0.15, -0.1) is 11.3 Å². The van der Waals surface area contributed by atoms with Crippen molar-refractivity contribution in [2.75, 3.05) is 0 Å². The molecule has 8 heteroatoms. The average molecular weight is 379 g/mol. The molecule has 4 aromatic heterocycles. The van der Waals surface area contributed by atoms with Crippen LogP contribution in [0.3, 0.4) is 0 Å². The third-order valence-electron chi connectivity index (χ3n) is 3.86. The topological polar surface area (TPSA) is 94.2 Å². The van der Waals surface area contributed by atoms with Crippen LogP contribution in [0.15, 0.2) is 57.1 Å². The maximum atomic E-state index is 12.5. The molecule has 0 amide bonds. The summed E-state index contributed by atoms with van der Waals surface area (Å²) in [5, 5.41) is 11.4. The van der Waals surface area contributed by atoms with E-state index in [9.17, 15) is 10.1 Å². The zero-order valence-corrected chi connectivity index (χ0v) is 15.0. The van der Waals surface area contributed by atoms with Gasteiger partial charge in [-0.3, -0.25) is 4.57 Å². The molecule has 0 aromatic carbocycles. The van der Waals surface area contributed by atoms with E-state index in [1.54, 1.807) is 36.0 Å². The van der Waals surface area contributed by atoms with Crippen LogP contribution in [0.4, 0.5) is 0 Å². The number of esters is 1. The zero-order valence-electron chi connectivity index (χ0n) is 14.2. The Morgan fingerprint density at radius 2 is 2.19 bits per heavy atom. The average Bonchev–Trinajstić information content (AvgIpc) is 3.45. The van der Waals surface area contributed by atoms with Crippen molar-refractivity contribution in [2.45, 2.75) is 13.5 Å². The number of rotatable bonds is 5. The molecule has 4 heterocycles. The Morgan fingerprint density at radius 1 is 1.37 bits per heavy atom. The van der Waals surface area contributed by atoms with Crippen LogP contribution in [-0.4, -0.2) is 15.5 Å². The third kappa shape index (κ3) is 3.16. The van der Waals surface area contributed by atoms with E-state index in [0.717, 1.165) is 4.88 Å². The summed E-state index contributed by atoms with van der Waals surface area (Å²) in [6, 6.07) is 9.42. The molecular weight excluding hydrogens is 366 g/mol. The SMILES string of the molecule is Cc1oc(-n2cccc2)c(C#N)c1C(=O)OCc1coc(-c2cccs2)n1. The van der Waals surface area contributed by atoms with E-state index in [-0.39, 0.29) is 23.6 Å². The number of aryl methyl sites for hydroxylation is 1. The van der Waals surface area contributed by atoms with E-state index >= 15 is 0 Å². The van der Waals surface area contributed by atoms with Crippen LogP contribution in [0.25, 0.3) is 16.7 Å². The van der Waals surface area contributed by atoms with E-state index in [1.807, 2.05) is 23.6 Å². The van der Waals surface area contributed by atoms with E-state index in [1.165, 1.54) is 17.6 Å². The van der Waals surface area contributed by atoms with Gasteiger partial charge in [0.15, 0.2) is 0 Å². The van der Waals surface area contributed by atoms with Crippen molar-refractivity contribution in [3.05, 3.63) is 70.9 Å². The van der Waals surface area contributed by atoms with Crippen LogP contribution in [0.2, 0.25) is 0 Å². The lowest BCUT2D eigenvalue weighted by Gasteiger charge is -2.02. The van der Waals surface area contributed by atoms with Crippen molar-refractivity contribution in [2.24, 2.45) is 0 Å². The minimum Gasteiger partial charge on any atom is -0.455 e. The summed E-state index contributed by atoms with van der Waals surface area (Å²) < 4.78 is 18.0. The summed E-state index contributed by atoms with van der Waals surface area (Å²) in [6.07, 6.45) is 4.91. The predicted octanol–water partition coefficient (Wildman–Crippen LogP) is 4.32. The summed E-state index contributed by atoms with van der Waals surface area (Å²) in [4.78, 5) is 17.7. The standard InChI is InChI=1S/C19H13N3O4S/c1-12-16(14(9-20)18(26-12)22-6-2-3-7-22)19(23)25-11-13-10-24-17(21-13)15-5-4-8-27-15/h2-8,10H,11H2,1H3. The van der Waals surface area contributed by atoms with Crippen LogP contribution in [-0.2, 0) is 11.3 Å². The first-order chi connectivity index (χ1) is 13.2. The molecule has 0 atom stereocenters. The molecule has 27 heavy (non-hydrogen) atoms. The molecule has 0 saturated carbocycles. The predicted molar refractivity (Wildman–Crippen MR) is 96.4 cm³/mol. The fraction of sp³-hybridized carbons (Fsp3) is 0.105. The lowest BCUT2D eigenvalue weighted by atomic mass is 10.1. The Labute approximate surface area is 158 Å². The summed E-state index contributed by atoms with van der Waals surface area (Å²) in [5.74, 6) is 0.433. The number of carbonyl (C=O) groups is 1. The monoisotopic (exact) mass is 379 g/mol. The Balaban J connectivity index is 1.53. The highest BCUT2D eigenvalue weighted by Crippen LogP contribution is 2.27. The number of hydrogen-bond acceptors (Lipinski definition) is 7. The van der Waals surface area contributed by atoms with Crippen molar-refractivity contribution in [1.82, 2.24) is 9.55 Å². The molecule has 134 valence electrons. The molecule has 4 rings (SSSR count). The van der Waals surface area contributed by atoms with Crippen LogP contribution in [0.5, 0.6) is 0 Å². The summed E-state index contributed by atoms with van der Waals surface area (Å²) in [7, 11) is 0. The smallest absolute Gasteiger partial charge is 0.343 e. The molecule has 0 unspecified atom stereocenters. The van der Waals surface area contributed by atoms with Crippen LogP contribution in [0, 0.1) is 18.3 Å². The number of nitrogens with zero attached hydrogens (tertiary/aromatic N) is 3. The minimum absolute atomic E-state index is 0.0674. The van der Waals surface area contributed by atoms with Gasteiger partial charge in [0, 0.05) is 12.4 Å². The number of nitriles is 1. The lowest BCUT2D eigenvalue weighted by molar-refractivity contribution is 0.0465. The second kappa shape index (κ2) is 6.97. The maximum absolute atomic E-state index is 12.5. The van der Waals surface area contributed by atoms with Gasteiger partial charge >= 0.3 is 5.97 Å². The number of aromatic nitrogens is 2. The van der Waals surface area contributed by atoms with Gasteiger partial charge in [0.05, 0.1) is 4.88 Å². The number of thiophene rings is 1. The molecular formula is C19H13N3O4S. The molecule has 7 nitrogen and oxygen atoms in total. The van der Waals surface area contributed by atoms with E-state index in [0.29, 0.717) is 17.3 Å². The van der Waals surface area contributed by atoms with Gasteiger partial charge in [-0.1, -0.05) is 6.07 Å². The van der Waals surface area contributed by atoms with Gasteiger partial charge < -0.3 is 13.6 Å². The first kappa shape index (κ1) is 16.9. The van der Waals surface area contributed by atoms with Gasteiger partial charge in [0.1, 0.15) is 41.5 Å². The Hall–Kier alpha value is -3.57. The van der Waals surface area contributed by atoms with Crippen LogP contribution in [0.1, 0.15) is 27.4 Å². The van der Waals surface area contributed by atoms with Crippen molar-refractivity contribution >= 4 is 17.3 Å². The van der Waals surface area contributed by atoms with Crippen LogP contribution < -0.4 is 0 Å². The minimum atomic E-state index is -0.646. The van der Waals surface area contributed by atoms with Crippen LogP contribution >= 0.6 is 11.3 Å². The highest BCUT2D eigenvalue weighted by atomic mass is 32.1. The Morgan fingerprint density at radius 3 is 2.89 bits per heavy atom. The molecule has 0 saturated heterocycles. The Bertz CT molecular complexity index is 1110. The largest absolute Gasteiger partial charge is 0.455 e.